The number of halogens is 1. The molecule has 5 nitrogen and oxygen atoms in total. The Morgan fingerprint density at radius 3 is 2.61 bits per heavy atom. The van der Waals surface area contributed by atoms with E-state index in [2.05, 4.69) is 20.1 Å². The lowest BCUT2D eigenvalue weighted by atomic mass is 10.1. The van der Waals surface area contributed by atoms with Crippen molar-refractivity contribution in [3.8, 4) is 11.4 Å². The van der Waals surface area contributed by atoms with Crippen LogP contribution in [0.5, 0.6) is 0 Å². The first kappa shape index (κ1) is 14.4. The highest BCUT2D eigenvalue weighted by molar-refractivity contribution is 5.94. The predicted molar refractivity (Wildman–Crippen MR) is 83.7 cm³/mol. The molecule has 23 heavy (non-hydrogen) atoms. The first-order valence-corrected chi connectivity index (χ1v) is 8.17. The largest absolute Gasteiger partial charge is 0.346 e. The average molecular weight is 314 g/mol. The number of alkyl halides is 1. The number of nitrogens with one attached hydrogen (secondary N) is 1. The topological polar surface area (TPSA) is 59.8 Å². The van der Waals surface area contributed by atoms with E-state index < -0.39 is 6.17 Å². The van der Waals surface area contributed by atoms with E-state index in [-0.39, 0.29) is 11.9 Å². The van der Waals surface area contributed by atoms with Gasteiger partial charge in [0, 0.05) is 17.2 Å². The van der Waals surface area contributed by atoms with Crippen molar-refractivity contribution in [2.24, 2.45) is 0 Å². The third-order valence-electron chi connectivity index (χ3n) is 4.67. The number of carbonyl (C=O) groups excluding carboxylic acids is 1. The summed E-state index contributed by atoms with van der Waals surface area (Å²) < 4.78 is 15.7. The molecule has 2 atom stereocenters. The standard InChI is InChI=1S/C17H19FN4O/c18-14-2-1-3-15(14)20-17(23)12-6-4-11(5-7-12)16-21-19-10-22(16)13-8-9-13/h4-7,10,13-15H,1-3,8-9H2,(H,20,23)/t14-,15+/m0/s1. The molecule has 0 aliphatic heterocycles. The van der Waals surface area contributed by atoms with E-state index in [1.165, 1.54) is 0 Å². The lowest BCUT2D eigenvalue weighted by Gasteiger charge is -2.15. The van der Waals surface area contributed by atoms with Gasteiger partial charge in [0.2, 0.25) is 0 Å². The van der Waals surface area contributed by atoms with Crippen LogP contribution in [-0.2, 0) is 0 Å². The summed E-state index contributed by atoms with van der Waals surface area (Å²) in [6.45, 7) is 0. The quantitative estimate of drug-likeness (QED) is 0.944. The maximum atomic E-state index is 13.6. The van der Waals surface area contributed by atoms with Crippen LogP contribution in [0, 0.1) is 0 Å². The van der Waals surface area contributed by atoms with Crippen molar-refractivity contribution in [1.29, 1.82) is 0 Å². The van der Waals surface area contributed by atoms with Crippen molar-refractivity contribution in [1.82, 2.24) is 20.1 Å². The van der Waals surface area contributed by atoms with E-state index in [0.29, 0.717) is 18.0 Å². The minimum Gasteiger partial charge on any atom is -0.346 e. The number of hydrogen-bond donors (Lipinski definition) is 1. The third-order valence-corrected chi connectivity index (χ3v) is 4.67. The second-order valence-corrected chi connectivity index (χ2v) is 6.40. The van der Waals surface area contributed by atoms with Crippen LogP contribution in [0.2, 0.25) is 0 Å². The molecule has 0 radical (unpaired) electrons. The lowest BCUT2D eigenvalue weighted by molar-refractivity contribution is 0.0919. The molecule has 2 aliphatic rings. The molecule has 0 bridgehead atoms. The molecule has 120 valence electrons. The minimum absolute atomic E-state index is 0.213. The number of amides is 1. The van der Waals surface area contributed by atoms with Crippen molar-refractivity contribution in [2.45, 2.75) is 50.4 Å². The van der Waals surface area contributed by atoms with Crippen molar-refractivity contribution in [2.75, 3.05) is 0 Å². The smallest absolute Gasteiger partial charge is 0.251 e. The molecule has 2 saturated carbocycles. The Hall–Kier alpha value is -2.24. The van der Waals surface area contributed by atoms with E-state index in [1.54, 1.807) is 18.5 Å². The highest BCUT2D eigenvalue weighted by Crippen LogP contribution is 2.37. The number of nitrogens with zero attached hydrogens (tertiary/aromatic N) is 3. The van der Waals surface area contributed by atoms with Gasteiger partial charge in [-0.1, -0.05) is 12.1 Å². The fourth-order valence-electron chi connectivity index (χ4n) is 3.17. The van der Waals surface area contributed by atoms with Gasteiger partial charge in [0.25, 0.3) is 5.91 Å². The molecule has 2 aliphatic carbocycles. The molecular weight excluding hydrogens is 295 g/mol. The van der Waals surface area contributed by atoms with Crippen LogP contribution in [0.1, 0.15) is 48.5 Å². The zero-order valence-electron chi connectivity index (χ0n) is 12.8. The Morgan fingerprint density at radius 2 is 1.96 bits per heavy atom. The minimum atomic E-state index is -0.921. The van der Waals surface area contributed by atoms with E-state index in [0.717, 1.165) is 37.1 Å². The van der Waals surface area contributed by atoms with Gasteiger partial charge in [0.15, 0.2) is 5.82 Å². The summed E-state index contributed by atoms with van der Waals surface area (Å²) in [7, 11) is 0. The lowest BCUT2D eigenvalue weighted by Crippen LogP contribution is -2.38. The van der Waals surface area contributed by atoms with E-state index in [1.807, 2.05) is 12.1 Å². The molecule has 0 saturated heterocycles. The zero-order chi connectivity index (χ0) is 15.8. The van der Waals surface area contributed by atoms with Crippen LogP contribution >= 0.6 is 0 Å². The van der Waals surface area contributed by atoms with E-state index in [9.17, 15) is 9.18 Å². The number of aromatic nitrogens is 3. The molecular formula is C17H19FN4O. The zero-order valence-corrected chi connectivity index (χ0v) is 12.8. The normalized spacial score (nSPS) is 23.9. The SMILES string of the molecule is O=C(N[C@@H]1CCC[C@@H]1F)c1ccc(-c2nncn2C2CC2)cc1. The molecule has 1 heterocycles. The van der Waals surface area contributed by atoms with Gasteiger partial charge in [0.1, 0.15) is 12.5 Å². The summed E-state index contributed by atoms with van der Waals surface area (Å²) in [4.78, 5) is 12.2. The number of rotatable bonds is 4. The summed E-state index contributed by atoms with van der Waals surface area (Å²) in [6, 6.07) is 7.43. The van der Waals surface area contributed by atoms with Crippen LogP contribution in [0.25, 0.3) is 11.4 Å². The van der Waals surface area contributed by atoms with Gasteiger partial charge in [-0.05, 0) is 44.2 Å². The van der Waals surface area contributed by atoms with Crippen molar-refractivity contribution in [3.63, 3.8) is 0 Å². The molecule has 2 aromatic rings. The fraction of sp³-hybridized carbons (Fsp3) is 0.471. The van der Waals surface area contributed by atoms with Crippen LogP contribution in [0.3, 0.4) is 0 Å². The molecule has 0 unspecified atom stereocenters. The Balaban J connectivity index is 1.49. The van der Waals surface area contributed by atoms with E-state index in [4.69, 9.17) is 0 Å². The summed E-state index contributed by atoms with van der Waals surface area (Å²) in [5.41, 5.74) is 1.49. The Labute approximate surface area is 133 Å². The van der Waals surface area contributed by atoms with Crippen LogP contribution in [0.15, 0.2) is 30.6 Å². The monoisotopic (exact) mass is 314 g/mol. The highest BCUT2D eigenvalue weighted by atomic mass is 19.1. The van der Waals surface area contributed by atoms with Crippen molar-refractivity contribution in [3.05, 3.63) is 36.2 Å². The van der Waals surface area contributed by atoms with Crippen molar-refractivity contribution >= 4 is 5.91 Å². The van der Waals surface area contributed by atoms with Gasteiger partial charge in [-0.15, -0.1) is 10.2 Å². The first-order valence-electron chi connectivity index (χ1n) is 8.17. The molecule has 6 heteroatoms. The van der Waals surface area contributed by atoms with Crippen LogP contribution < -0.4 is 5.32 Å². The van der Waals surface area contributed by atoms with Gasteiger partial charge in [-0.25, -0.2) is 4.39 Å². The molecule has 4 rings (SSSR count). The summed E-state index contributed by atoms with van der Waals surface area (Å²) in [6.07, 6.45) is 5.26. The second kappa shape index (κ2) is 5.76. The summed E-state index contributed by atoms with van der Waals surface area (Å²) in [5, 5.41) is 11.0. The molecule has 1 N–H and O–H groups in total. The van der Waals surface area contributed by atoms with Gasteiger partial charge in [-0.2, -0.15) is 0 Å². The predicted octanol–water partition coefficient (Wildman–Crippen LogP) is 2.90. The maximum Gasteiger partial charge on any atom is 0.251 e. The van der Waals surface area contributed by atoms with Crippen LogP contribution in [-0.4, -0.2) is 32.9 Å². The van der Waals surface area contributed by atoms with Gasteiger partial charge < -0.3 is 9.88 Å². The number of benzene rings is 1. The fourth-order valence-corrected chi connectivity index (χ4v) is 3.17. The summed E-state index contributed by atoms with van der Waals surface area (Å²) in [5.74, 6) is 0.619. The average Bonchev–Trinajstić information content (AvgIpc) is 3.16. The maximum absolute atomic E-state index is 13.6. The van der Waals surface area contributed by atoms with Gasteiger partial charge in [-0.3, -0.25) is 4.79 Å². The van der Waals surface area contributed by atoms with Crippen molar-refractivity contribution < 1.29 is 9.18 Å². The number of carbonyl (C=O) groups is 1. The van der Waals surface area contributed by atoms with E-state index >= 15 is 0 Å². The Morgan fingerprint density at radius 1 is 1.17 bits per heavy atom. The molecule has 2 fully saturated rings. The number of hydrogen-bond acceptors (Lipinski definition) is 3. The Bertz CT molecular complexity index is 708. The third kappa shape index (κ3) is 2.85. The molecule has 0 spiro atoms. The van der Waals surface area contributed by atoms with Gasteiger partial charge >= 0.3 is 0 Å². The first-order chi connectivity index (χ1) is 11.2. The second-order valence-electron chi connectivity index (χ2n) is 6.40. The van der Waals surface area contributed by atoms with Crippen LogP contribution in [0.4, 0.5) is 4.39 Å². The van der Waals surface area contributed by atoms with Gasteiger partial charge in [0.05, 0.1) is 6.04 Å². The highest BCUT2D eigenvalue weighted by Gasteiger charge is 2.29. The molecule has 1 aromatic carbocycles. The summed E-state index contributed by atoms with van der Waals surface area (Å²) >= 11 is 0. The molecule has 1 amide bonds. The Kier molecular flexibility index (Phi) is 3.59. The molecule has 1 aromatic heterocycles.